The van der Waals surface area contributed by atoms with Crippen LogP contribution in [0.3, 0.4) is 0 Å². The van der Waals surface area contributed by atoms with Gasteiger partial charge in [0.2, 0.25) is 5.91 Å². The Labute approximate surface area is 201 Å². The van der Waals surface area contributed by atoms with Gasteiger partial charge in [0.1, 0.15) is 0 Å². The van der Waals surface area contributed by atoms with Crippen LogP contribution in [0.1, 0.15) is 32.6 Å². The molecule has 0 heterocycles. The maximum absolute atomic E-state index is 12.9. The molecule has 36 heavy (non-hydrogen) atoms. The average molecular weight is 505 g/mol. The van der Waals surface area contributed by atoms with Crippen molar-refractivity contribution in [2.24, 2.45) is 0 Å². The van der Waals surface area contributed by atoms with E-state index >= 15 is 0 Å². The summed E-state index contributed by atoms with van der Waals surface area (Å²) in [4.78, 5) is 23.6. The normalized spacial score (nSPS) is 11.8. The monoisotopic (exact) mass is 505 g/mol. The van der Waals surface area contributed by atoms with Gasteiger partial charge in [0.05, 0.1) is 22.4 Å². The molecular weight excluding hydrogens is 488 g/mol. The summed E-state index contributed by atoms with van der Waals surface area (Å²) in [7, 11) is 0. The number of aromatic carboxylic acids is 1. The van der Waals surface area contributed by atoms with Gasteiger partial charge in [-0.3, -0.25) is 4.79 Å². The van der Waals surface area contributed by atoms with Crippen LogP contribution in [0.2, 0.25) is 0 Å². The fourth-order valence-electron chi connectivity index (χ4n) is 3.22. The topological polar surface area (TPSA) is 66.4 Å². The Morgan fingerprint density at radius 2 is 1.19 bits per heavy atom. The van der Waals surface area contributed by atoms with Crippen LogP contribution < -0.4 is 5.32 Å². The van der Waals surface area contributed by atoms with E-state index in [1.54, 1.807) is 0 Å². The number of carbonyl (C=O) groups is 2. The summed E-state index contributed by atoms with van der Waals surface area (Å²) in [6.07, 6.45) is -5.48. The quantitative estimate of drug-likeness (QED) is 0.214. The number of nitrogens with one attached hydrogen (secondary N) is 1. The van der Waals surface area contributed by atoms with E-state index in [9.17, 15) is 41.0 Å². The van der Waals surface area contributed by atoms with Crippen LogP contribution in [0, 0.1) is 0 Å². The lowest BCUT2D eigenvalue weighted by Gasteiger charge is -2.12. The summed E-state index contributed by atoms with van der Waals surface area (Å²) < 4.78 is 77.6. The molecule has 4 nitrogen and oxygen atoms in total. The highest BCUT2D eigenvalue weighted by Gasteiger charge is 2.31. The Bertz CT molecular complexity index is 1250. The smallest absolute Gasteiger partial charge is 0.416 e. The van der Waals surface area contributed by atoms with Gasteiger partial charge < -0.3 is 10.4 Å². The van der Waals surface area contributed by atoms with Crippen molar-refractivity contribution in [1.82, 2.24) is 0 Å². The summed E-state index contributed by atoms with van der Waals surface area (Å²) in [6.45, 7) is 0. The van der Waals surface area contributed by atoms with E-state index in [1.165, 1.54) is 60.7 Å². The van der Waals surface area contributed by atoms with Crippen LogP contribution >= 0.6 is 0 Å². The summed E-state index contributed by atoms with van der Waals surface area (Å²) in [5, 5.41) is 11.6. The number of anilines is 1. The maximum Gasteiger partial charge on any atom is 0.416 e. The molecule has 0 saturated heterocycles. The van der Waals surface area contributed by atoms with Crippen molar-refractivity contribution >= 4 is 23.1 Å². The van der Waals surface area contributed by atoms with Crippen LogP contribution in [0.5, 0.6) is 0 Å². The number of hydrogen-bond acceptors (Lipinski definition) is 2. The fraction of sp³-hybridized carbons (Fsp3) is 0.0769. The standard InChI is InChI=1S/C26H17F6NO3/c27-25(28,29)18-12-8-16(9-13-18)20(17-10-14-19(15-11-17)26(30,31)32)5-3-7-23(34)33-22-6-2-1-4-21(22)24(35)36/h1-15H,(H,33,34)(H,35,36)/b7-3+. The summed E-state index contributed by atoms with van der Waals surface area (Å²) >= 11 is 0. The minimum absolute atomic E-state index is 0.0503. The van der Waals surface area contributed by atoms with Crippen LogP contribution in [-0.2, 0) is 17.1 Å². The zero-order valence-electron chi connectivity index (χ0n) is 18.2. The molecular formula is C26H17F6NO3. The molecule has 0 aliphatic heterocycles. The van der Waals surface area contributed by atoms with Gasteiger partial charge in [-0.05, 0) is 53.1 Å². The lowest BCUT2D eigenvalue weighted by molar-refractivity contribution is -0.138. The van der Waals surface area contributed by atoms with Gasteiger partial charge in [0.15, 0.2) is 0 Å². The van der Waals surface area contributed by atoms with Crippen molar-refractivity contribution in [2.45, 2.75) is 12.4 Å². The van der Waals surface area contributed by atoms with E-state index in [0.717, 1.165) is 30.3 Å². The Balaban J connectivity index is 1.93. The lowest BCUT2D eigenvalue weighted by atomic mass is 9.95. The first-order chi connectivity index (χ1) is 16.9. The van der Waals surface area contributed by atoms with Gasteiger partial charge in [0, 0.05) is 6.08 Å². The number of allylic oxidation sites excluding steroid dienone is 2. The molecule has 0 fully saturated rings. The van der Waals surface area contributed by atoms with Crippen molar-refractivity contribution in [3.8, 4) is 0 Å². The number of para-hydroxylation sites is 1. The fourth-order valence-corrected chi connectivity index (χ4v) is 3.22. The molecule has 1 amide bonds. The number of alkyl halides is 6. The molecule has 0 atom stereocenters. The van der Waals surface area contributed by atoms with E-state index in [1.807, 2.05) is 0 Å². The third-order valence-electron chi connectivity index (χ3n) is 4.97. The van der Waals surface area contributed by atoms with E-state index < -0.39 is 35.4 Å². The van der Waals surface area contributed by atoms with Crippen LogP contribution in [-0.4, -0.2) is 17.0 Å². The highest BCUT2D eigenvalue weighted by Crippen LogP contribution is 2.33. The summed E-state index contributed by atoms with van der Waals surface area (Å²) in [5.41, 5.74) is -1.09. The molecule has 2 N–H and O–H groups in total. The van der Waals surface area contributed by atoms with Gasteiger partial charge in [-0.25, -0.2) is 4.79 Å². The van der Waals surface area contributed by atoms with Gasteiger partial charge in [0.25, 0.3) is 0 Å². The van der Waals surface area contributed by atoms with E-state index in [4.69, 9.17) is 0 Å². The Morgan fingerprint density at radius 3 is 1.64 bits per heavy atom. The predicted octanol–water partition coefficient (Wildman–Crippen LogP) is 7.05. The molecule has 0 aromatic heterocycles. The molecule has 0 spiro atoms. The second kappa shape index (κ2) is 10.5. The van der Waals surface area contributed by atoms with E-state index in [0.29, 0.717) is 0 Å². The Morgan fingerprint density at radius 1 is 0.722 bits per heavy atom. The zero-order chi connectivity index (χ0) is 26.5. The van der Waals surface area contributed by atoms with E-state index in [2.05, 4.69) is 5.32 Å². The largest absolute Gasteiger partial charge is 0.478 e. The number of benzene rings is 3. The number of carboxylic acid groups (broad SMARTS) is 1. The molecule has 3 aromatic carbocycles. The first kappa shape index (κ1) is 26.3. The van der Waals surface area contributed by atoms with Crippen molar-refractivity contribution in [2.75, 3.05) is 5.32 Å². The molecule has 0 bridgehead atoms. The Hall–Kier alpha value is -4.34. The van der Waals surface area contributed by atoms with Gasteiger partial charge >= 0.3 is 18.3 Å². The molecule has 0 aliphatic carbocycles. The van der Waals surface area contributed by atoms with Crippen molar-refractivity contribution < 1.29 is 41.0 Å². The van der Waals surface area contributed by atoms with Crippen LogP contribution in [0.25, 0.3) is 5.57 Å². The van der Waals surface area contributed by atoms with Gasteiger partial charge in [-0.15, -0.1) is 0 Å². The van der Waals surface area contributed by atoms with Crippen molar-refractivity contribution in [1.29, 1.82) is 0 Å². The lowest BCUT2D eigenvalue weighted by Crippen LogP contribution is -2.11. The van der Waals surface area contributed by atoms with Gasteiger partial charge in [-0.2, -0.15) is 26.3 Å². The zero-order valence-corrected chi connectivity index (χ0v) is 18.2. The number of hydrogen-bond donors (Lipinski definition) is 2. The average Bonchev–Trinajstić information content (AvgIpc) is 2.81. The third kappa shape index (κ3) is 6.62. The minimum Gasteiger partial charge on any atom is -0.478 e. The molecule has 186 valence electrons. The molecule has 0 aliphatic rings. The number of carboxylic acids is 1. The molecule has 0 radical (unpaired) electrons. The minimum atomic E-state index is -4.57. The van der Waals surface area contributed by atoms with Crippen LogP contribution in [0.4, 0.5) is 32.0 Å². The molecule has 10 heteroatoms. The number of halogens is 6. The molecule has 3 aromatic rings. The number of rotatable bonds is 6. The number of carbonyl (C=O) groups excluding carboxylic acids is 1. The van der Waals surface area contributed by atoms with Gasteiger partial charge in [-0.1, -0.05) is 48.6 Å². The van der Waals surface area contributed by atoms with Crippen molar-refractivity contribution in [3.05, 3.63) is 119 Å². The van der Waals surface area contributed by atoms with Crippen molar-refractivity contribution in [3.63, 3.8) is 0 Å². The second-order valence-corrected chi connectivity index (χ2v) is 7.43. The van der Waals surface area contributed by atoms with Crippen LogP contribution in [0.15, 0.2) is 91.0 Å². The first-order valence-electron chi connectivity index (χ1n) is 10.2. The SMILES string of the molecule is O=C(/C=C/C=C(c1ccc(C(F)(F)F)cc1)c1ccc(C(F)(F)F)cc1)Nc1ccccc1C(=O)O. The summed E-state index contributed by atoms with van der Waals surface area (Å²) in [5.74, 6) is -1.94. The summed E-state index contributed by atoms with van der Waals surface area (Å²) in [6, 6.07) is 13.7. The second-order valence-electron chi connectivity index (χ2n) is 7.43. The maximum atomic E-state index is 12.9. The first-order valence-corrected chi connectivity index (χ1v) is 10.2. The van der Waals surface area contributed by atoms with E-state index in [-0.39, 0.29) is 28.0 Å². The molecule has 3 rings (SSSR count). The third-order valence-corrected chi connectivity index (χ3v) is 4.97. The highest BCUT2D eigenvalue weighted by molar-refractivity contribution is 6.04. The number of amides is 1. The highest BCUT2D eigenvalue weighted by atomic mass is 19.4. The Kier molecular flexibility index (Phi) is 7.67. The molecule has 0 saturated carbocycles. The molecule has 0 unspecified atom stereocenters. The predicted molar refractivity (Wildman–Crippen MR) is 121 cm³/mol.